The zero-order valence-corrected chi connectivity index (χ0v) is 18.2. The fourth-order valence-corrected chi connectivity index (χ4v) is 3.87. The molecule has 0 saturated carbocycles. The van der Waals surface area contributed by atoms with Crippen LogP contribution >= 0.6 is 15.9 Å². The van der Waals surface area contributed by atoms with Crippen LogP contribution < -0.4 is 10.0 Å². The first-order valence-corrected chi connectivity index (χ1v) is 11.4. The Hall–Kier alpha value is -2.65. The normalized spacial score (nSPS) is 11.2. The fourth-order valence-electron chi connectivity index (χ4n) is 2.62. The van der Waals surface area contributed by atoms with Gasteiger partial charge in [-0.15, -0.1) is 0 Å². The molecular formula is C20H21BrN4O3S. The van der Waals surface area contributed by atoms with Crippen molar-refractivity contribution in [3.8, 4) is 0 Å². The highest BCUT2D eigenvalue weighted by Crippen LogP contribution is 2.19. The van der Waals surface area contributed by atoms with E-state index in [0.29, 0.717) is 11.4 Å². The minimum atomic E-state index is -3.89. The average molecular weight is 477 g/mol. The molecule has 2 aromatic carbocycles. The van der Waals surface area contributed by atoms with E-state index in [-0.39, 0.29) is 10.7 Å². The van der Waals surface area contributed by atoms with E-state index in [9.17, 15) is 13.2 Å². The van der Waals surface area contributed by atoms with Gasteiger partial charge in [0.25, 0.3) is 15.9 Å². The molecule has 0 fully saturated rings. The van der Waals surface area contributed by atoms with Crippen LogP contribution in [0.5, 0.6) is 0 Å². The summed E-state index contributed by atoms with van der Waals surface area (Å²) in [5, 5.41) is 8.76. The van der Waals surface area contributed by atoms with E-state index in [1.54, 1.807) is 24.3 Å². The number of aryl methyl sites for hydroxylation is 1. The minimum Gasteiger partial charge on any atom is -0.321 e. The molecule has 0 saturated heterocycles. The monoisotopic (exact) mass is 476 g/mol. The number of halogens is 1. The van der Waals surface area contributed by atoms with Crippen molar-refractivity contribution >= 4 is 43.2 Å². The lowest BCUT2D eigenvalue weighted by atomic mass is 10.1. The highest BCUT2D eigenvalue weighted by molar-refractivity contribution is 9.10. The molecule has 152 valence electrons. The summed E-state index contributed by atoms with van der Waals surface area (Å²) in [4.78, 5) is 12.4. The van der Waals surface area contributed by atoms with Crippen LogP contribution in [0, 0.1) is 0 Å². The minimum absolute atomic E-state index is 0.0174. The van der Waals surface area contributed by atoms with E-state index in [0.717, 1.165) is 23.7 Å². The third-order valence-corrected chi connectivity index (χ3v) is 6.03. The number of benzene rings is 2. The maximum absolute atomic E-state index is 12.5. The fraction of sp³-hybridized carbons (Fsp3) is 0.200. The topological polar surface area (TPSA) is 104 Å². The van der Waals surface area contributed by atoms with Crippen LogP contribution in [0.15, 0.2) is 64.1 Å². The Kier molecular flexibility index (Phi) is 6.71. The van der Waals surface area contributed by atoms with E-state index in [1.807, 2.05) is 24.3 Å². The van der Waals surface area contributed by atoms with E-state index in [1.165, 1.54) is 11.6 Å². The number of anilines is 2. The number of carbonyl (C=O) groups excluding carboxylic acids is 1. The first-order valence-electron chi connectivity index (χ1n) is 9.11. The second-order valence-corrected chi connectivity index (χ2v) is 9.05. The van der Waals surface area contributed by atoms with Gasteiger partial charge in [0.15, 0.2) is 10.7 Å². The van der Waals surface area contributed by atoms with Gasteiger partial charge in [0.1, 0.15) is 0 Å². The zero-order chi connectivity index (χ0) is 20.9. The first kappa shape index (κ1) is 21.1. The van der Waals surface area contributed by atoms with Gasteiger partial charge < -0.3 is 5.32 Å². The second-order valence-electron chi connectivity index (χ2n) is 6.48. The molecule has 0 spiro atoms. The maximum Gasteiger partial charge on any atom is 0.278 e. The standard InChI is InChI=1S/C20H21BrN4O3S/c1-2-3-4-14-5-9-16(10-6-14)22-20(26)18-13-19(24-23-18)29(27,28)25-17-11-7-15(21)8-12-17/h5-13,25H,2-4H2,1H3,(H,22,26)(H,23,24). The number of nitrogens with one attached hydrogen (secondary N) is 3. The van der Waals surface area contributed by atoms with Crippen molar-refractivity contribution in [3.05, 3.63) is 70.3 Å². The summed E-state index contributed by atoms with van der Waals surface area (Å²) in [6.45, 7) is 2.14. The third-order valence-electron chi connectivity index (χ3n) is 4.20. The van der Waals surface area contributed by atoms with Gasteiger partial charge in [0, 0.05) is 21.9 Å². The van der Waals surface area contributed by atoms with Crippen molar-refractivity contribution in [2.24, 2.45) is 0 Å². The molecule has 0 aliphatic carbocycles. The second kappa shape index (κ2) is 9.23. The summed E-state index contributed by atoms with van der Waals surface area (Å²) < 4.78 is 28.2. The summed E-state index contributed by atoms with van der Waals surface area (Å²) in [5.41, 5.74) is 2.21. The number of amides is 1. The van der Waals surface area contributed by atoms with Crippen LogP contribution in [0.1, 0.15) is 35.8 Å². The SMILES string of the molecule is CCCCc1ccc(NC(=O)c2cc(S(=O)(=O)Nc3ccc(Br)cc3)[nH]n2)cc1. The van der Waals surface area contributed by atoms with Crippen molar-refractivity contribution in [2.45, 2.75) is 31.2 Å². The predicted octanol–water partition coefficient (Wildman–Crippen LogP) is 4.57. The highest BCUT2D eigenvalue weighted by atomic mass is 79.9. The van der Waals surface area contributed by atoms with Crippen LogP contribution in [-0.2, 0) is 16.4 Å². The average Bonchev–Trinajstić information content (AvgIpc) is 3.21. The Morgan fingerprint density at radius 1 is 1.07 bits per heavy atom. The molecule has 9 heteroatoms. The van der Waals surface area contributed by atoms with Crippen LogP contribution in [0.2, 0.25) is 0 Å². The highest BCUT2D eigenvalue weighted by Gasteiger charge is 2.20. The number of unbranched alkanes of at least 4 members (excludes halogenated alkanes) is 1. The number of hydrogen-bond acceptors (Lipinski definition) is 4. The summed E-state index contributed by atoms with van der Waals surface area (Å²) in [7, 11) is -3.89. The Balaban J connectivity index is 1.66. The lowest BCUT2D eigenvalue weighted by Gasteiger charge is -2.06. The van der Waals surface area contributed by atoms with Crippen molar-refractivity contribution in [1.29, 1.82) is 0 Å². The lowest BCUT2D eigenvalue weighted by molar-refractivity contribution is 0.102. The maximum atomic E-state index is 12.5. The van der Waals surface area contributed by atoms with Gasteiger partial charge in [-0.25, -0.2) is 0 Å². The molecule has 0 aliphatic heterocycles. The number of aromatic nitrogens is 2. The van der Waals surface area contributed by atoms with Gasteiger partial charge in [-0.1, -0.05) is 41.4 Å². The molecule has 0 atom stereocenters. The molecule has 1 aromatic heterocycles. The van der Waals surface area contributed by atoms with Crippen molar-refractivity contribution in [3.63, 3.8) is 0 Å². The first-order chi connectivity index (χ1) is 13.9. The van der Waals surface area contributed by atoms with Gasteiger partial charge in [0.2, 0.25) is 0 Å². The van der Waals surface area contributed by atoms with Crippen molar-refractivity contribution in [1.82, 2.24) is 10.2 Å². The number of H-pyrrole nitrogens is 1. The number of nitrogens with zero attached hydrogens (tertiary/aromatic N) is 1. The van der Waals surface area contributed by atoms with Crippen molar-refractivity contribution in [2.75, 3.05) is 10.0 Å². The molecule has 1 amide bonds. The molecule has 7 nitrogen and oxygen atoms in total. The molecule has 1 heterocycles. The molecule has 3 N–H and O–H groups in total. The van der Waals surface area contributed by atoms with E-state index < -0.39 is 15.9 Å². The van der Waals surface area contributed by atoms with Crippen molar-refractivity contribution < 1.29 is 13.2 Å². The number of rotatable bonds is 8. The molecule has 0 bridgehead atoms. The van der Waals surface area contributed by atoms with Gasteiger partial charge in [0.05, 0.1) is 0 Å². The third kappa shape index (κ3) is 5.68. The number of carbonyl (C=O) groups is 1. The Morgan fingerprint density at radius 3 is 2.38 bits per heavy atom. The molecule has 0 aliphatic rings. The smallest absolute Gasteiger partial charge is 0.278 e. The molecule has 0 radical (unpaired) electrons. The molecule has 3 aromatic rings. The number of sulfonamides is 1. The van der Waals surface area contributed by atoms with Gasteiger partial charge >= 0.3 is 0 Å². The van der Waals surface area contributed by atoms with Crippen LogP contribution in [-0.4, -0.2) is 24.5 Å². The Morgan fingerprint density at radius 2 is 1.72 bits per heavy atom. The van der Waals surface area contributed by atoms with Gasteiger partial charge in [-0.3, -0.25) is 14.6 Å². The molecule has 29 heavy (non-hydrogen) atoms. The summed E-state index contributed by atoms with van der Waals surface area (Å²) in [5.74, 6) is -0.493. The van der Waals surface area contributed by atoms with Crippen LogP contribution in [0.3, 0.4) is 0 Å². The molecule has 3 rings (SSSR count). The van der Waals surface area contributed by atoms with E-state index in [2.05, 4.69) is 43.1 Å². The van der Waals surface area contributed by atoms with Crippen LogP contribution in [0.4, 0.5) is 11.4 Å². The summed E-state index contributed by atoms with van der Waals surface area (Å²) >= 11 is 3.29. The van der Waals surface area contributed by atoms with E-state index in [4.69, 9.17) is 0 Å². The van der Waals surface area contributed by atoms with Crippen LogP contribution in [0.25, 0.3) is 0 Å². The van der Waals surface area contributed by atoms with Gasteiger partial charge in [-0.2, -0.15) is 13.5 Å². The quantitative estimate of drug-likeness (QED) is 0.442. The molecular weight excluding hydrogens is 456 g/mol. The Labute approximate surface area is 178 Å². The zero-order valence-electron chi connectivity index (χ0n) is 15.8. The number of aromatic amines is 1. The predicted molar refractivity (Wildman–Crippen MR) is 117 cm³/mol. The lowest BCUT2D eigenvalue weighted by Crippen LogP contribution is -2.13. The number of hydrogen-bond donors (Lipinski definition) is 3. The summed E-state index contributed by atoms with van der Waals surface area (Å²) in [6.07, 6.45) is 3.24. The van der Waals surface area contributed by atoms with Gasteiger partial charge in [-0.05, 0) is 54.8 Å². The largest absolute Gasteiger partial charge is 0.321 e. The summed E-state index contributed by atoms with van der Waals surface area (Å²) in [6, 6.07) is 15.5. The Bertz CT molecular complexity index is 1080. The van der Waals surface area contributed by atoms with E-state index >= 15 is 0 Å². The molecule has 0 unspecified atom stereocenters.